The highest BCUT2D eigenvalue weighted by atomic mass is 16.5. The van der Waals surface area contributed by atoms with Gasteiger partial charge in [-0.05, 0) is 43.7 Å². The van der Waals surface area contributed by atoms with Gasteiger partial charge in [-0.25, -0.2) is 9.97 Å². The number of ether oxygens (including phenoxy) is 2. The summed E-state index contributed by atoms with van der Waals surface area (Å²) in [6.45, 7) is 3.74. The van der Waals surface area contributed by atoms with E-state index in [1.165, 1.54) is 0 Å². The Labute approximate surface area is 163 Å². The molecule has 0 atom stereocenters. The maximum atomic E-state index is 12.7. The first-order chi connectivity index (χ1) is 13.5. The lowest BCUT2D eigenvalue weighted by Crippen LogP contribution is -2.16. The van der Waals surface area contributed by atoms with Crippen molar-refractivity contribution in [1.29, 1.82) is 0 Å². The van der Waals surface area contributed by atoms with Crippen LogP contribution in [0.25, 0.3) is 0 Å². The zero-order valence-electron chi connectivity index (χ0n) is 16.2. The summed E-state index contributed by atoms with van der Waals surface area (Å²) in [4.78, 5) is 21.4. The fourth-order valence-electron chi connectivity index (χ4n) is 2.67. The average Bonchev–Trinajstić information content (AvgIpc) is 2.69. The molecule has 0 aliphatic heterocycles. The predicted molar refractivity (Wildman–Crippen MR) is 109 cm³/mol. The fraction of sp³-hybridized carbons (Fsp3) is 0.190. The lowest BCUT2D eigenvalue weighted by Gasteiger charge is -2.13. The number of rotatable bonds is 6. The number of hydrogen-bond acceptors (Lipinski definition) is 6. The summed E-state index contributed by atoms with van der Waals surface area (Å²) in [6.07, 6.45) is 0. The van der Waals surface area contributed by atoms with Crippen molar-refractivity contribution >= 4 is 23.2 Å². The zero-order valence-corrected chi connectivity index (χ0v) is 16.2. The van der Waals surface area contributed by atoms with Crippen molar-refractivity contribution < 1.29 is 14.3 Å². The lowest BCUT2D eigenvalue weighted by molar-refractivity contribution is 0.102. The summed E-state index contributed by atoms with van der Waals surface area (Å²) in [5.74, 6) is 1.26. The number of carbonyl (C=O) groups excluding carboxylic acids is 1. The quantitative estimate of drug-likeness (QED) is 0.671. The molecule has 28 heavy (non-hydrogen) atoms. The van der Waals surface area contributed by atoms with Crippen molar-refractivity contribution in [3.8, 4) is 11.5 Å². The molecule has 7 heteroatoms. The van der Waals surface area contributed by atoms with Gasteiger partial charge in [-0.1, -0.05) is 18.2 Å². The molecule has 0 unspecified atom stereocenters. The monoisotopic (exact) mass is 378 g/mol. The fourth-order valence-corrected chi connectivity index (χ4v) is 2.67. The third-order valence-electron chi connectivity index (χ3n) is 4.13. The second-order valence-corrected chi connectivity index (χ2v) is 6.18. The number of anilines is 3. The Hall–Kier alpha value is -3.61. The molecule has 2 aromatic carbocycles. The number of methoxy groups -OCH3 is 2. The lowest BCUT2D eigenvalue weighted by atomic mass is 10.2. The van der Waals surface area contributed by atoms with Crippen LogP contribution in [0.3, 0.4) is 0 Å². The molecule has 0 aliphatic rings. The van der Waals surface area contributed by atoms with Crippen LogP contribution in [0.1, 0.15) is 21.7 Å². The molecular weight excluding hydrogens is 356 g/mol. The second kappa shape index (κ2) is 8.39. The van der Waals surface area contributed by atoms with Gasteiger partial charge < -0.3 is 20.1 Å². The van der Waals surface area contributed by atoms with Gasteiger partial charge in [0, 0.05) is 17.4 Å². The molecule has 1 amide bonds. The normalized spacial score (nSPS) is 10.3. The largest absolute Gasteiger partial charge is 0.497 e. The molecule has 0 saturated carbocycles. The minimum Gasteiger partial charge on any atom is -0.497 e. The molecule has 0 radical (unpaired) electrons. The maximum Gasteiger partial charge on any atom is 0.274 e. The molecule has 7 nitrogen and oxygen atoms in total. The first kappa shape index (κ1) is 19.2. The highest BCUT2D eigenvalue weighted by molar-refractivity contribution is 6.03. The van der Waals surface area contributed by atoms with E-state index in [9.17, 15) is 4.79 Å². The van der Waals surface area contributed by atoms with Crippen LogP contribution in [0.15, 0.2) is 48.5 Å². The topological polar surface area (TPSA) is 85.4 Å². The first-order valence-corrected chi connectivity index (χ1v) is 8.72. The average molecular weight is 378 g/mol. The maximum absolute atomic E-state index is 12.7. The smallest absolute Gasteiger partial charge is 0.274 e. The molecule has 144 valence electrons. The molecule has 3 rings (SSSR count). The van der Waals surface area contributed by atoms with Gasteiger partial charge in [-0.15, -0.1) is 0 Å². The molecule has 0 spiro atoms. The molecule has 3 aromatic rings. The van der Waals surface area contributed by atoms with E-state index in [1.807, 2.05) is 31.2 Å². The number of carbonyl (C=O) groups is 1. The third-order valence-corrected chi connectivity index (χ3v) is 4.13. The molecule has 0 fully saturated rings. The summed E-state index contributed by atoms with van der Waals surface area (Å²) < 4.78 is 10.6. The second-order valence-electron chi connectivity index (χ2n) is 6.18. The summed E-state index contributed by atoms with van der Waals surface area (Å²) in [7, 11) is 3.16. The molecule has 1 heterocycles. The Morgan fingerprint density at radius 3 is 2.43 bits per heavy atom. The Morgan fingerprint density at radius 1 is 0.929 bits per heavy atom. The Kier molecular flexibility index (Phi) is 5.74. The highest BCUT2D eigenvalue weighted by Crippen LogP contribution is 2.30. The number of para-hydroxylation sites is 1. The van der Waals surface area contributed by atoms with Gasteiger partial charge in [-0.2, -0.15) is 0 Å². The van der Waals surface area contributed by atoms with Crippen molar-refractivity contribution in [2.75, 3.05) is 24.9 Å². The van der Waals surface area contributed by atoms with Crippen molar-refractivity contribution in [2.24, 2.45) is 0 Å². The Morgan fingerprint density at radius 2 is 1.71 bits per heavy atom. The standard InChI is InChI=1S/C21H22N4O3/c1-13-7-5-6-8-16(13)23-20(26)18-11-14(2)22-21(25-18)24-17-12-15(27-3)9-10-19(17)28-4/h5-12H,1-4H3,(H,23,26)(H,22,24,25). The van der Waals surface area contributed by atoms with Gasteiger partial charge in [0.2, 0.25) is 5.95 Å². The van der Waals surface area contributed by atoms with Gasteiger partial charge in [0.15, 0.2) is 0 Å². The summed E-state index contributed by atoms with van der Waals surface area (Å²) in [5, 5.41) is 5.99. The van der Waals surface area contributed by atoms with Crippen LogP contribution in [0.2, 0.25) is 0 Å². The van der Waals surface area contributed by atoms with Crippen molar-refractivity contribution in [1.82, 2.24) is 9.97 Å². The number of benzene rings is 2. The van der Waals surface area contributed by atoms with E-state index in [0.29, 0.717) is 28.8 Å². The van der Waals surface area contributed by atoms with E-state index in [2.05, 4.69) is 20.6 Å². The molecule has 1 aromatic heterocycles. The highest BCUT2D eigenvalue weighted by Gasteiger charge is 2.13. The van der Waals surface area contributed by atoms with E-state index >= 15 is 0 Å². The van der Waals surface area contributed by atoms with E-state index < -0.39 is 0 Å². The number of hydrogen-bond donors (Lipinski definition) is 2. The molecule has 0 aliphatic carbocycles. The van der Waals surface area contributed by atoms with Crippen LogP contribution in [-0.4, -0.2) is 30.1 Å². The molecule has 0 bridgehead atoms. The van der Waals surface area contributed by atoms with Crippen LogP contribution in [-0.2, 0) is 0 Å². The van der Waals surface area contributed by atoms with Crippen LogP contribution < -0.4 is 20.1 Å². The SMILES string of the molecule is COc1ccc(OC)c(Nc2nc(C)cc(C(=O)Nc3ccccc3C)n2)c1. The van der Waals surface area contributed by atoms with Crippen molar-refractivity contribution in [3.05, 3.63) is 65.5 Å². The van der Waals surface area contributed by atoms with Crippen LogP contribution in [0.5, 0.6) is 11.5 Å². The zero-order chi connectivity index (χ0) is 20.1. The number of amides is 1. The van der Waals surface area contributed by atoms with Gasteiger partial charge in [0.25, 0.3) is 5.91 Å². The molecule has 0 saturated heterocycles. The predicted octanol–water partition coefficient (Wildman–Crippen LogP) is 4.11. The third kappa shape index (κ3) is 4.37. The summed E-state index contributed by atoms with van der Waals surface area (Å²) in [5.41, 5.74) is 3.28. The minimum absolute atomic E-state index is 0.264. The van der Waals surface area contributed by atoms with Gasteiger partial charge in [0.1, 0.15) is 17.2 Å². The van der Waals surface area contributed by atoms with Crippen LogP contribution >= 0.6 is 0 Å². The minimum atomic E-state index is -0.305. The number of nitrogens with one attached hydrogen (secondary N) is 2. The van der Waals surface area contributed by atoms with E-state index in [-0.39, 0.29) is 11.6 Å². The van der Waals surface area contributed by atoms with Crippen LogP contribution in [0.4, 0.5) is 17.3 Å². The van der Waals surface area contributed by atoms with Gasteiger partial charge >= 0.3 is 0 Å². The summed E-state index contributed by atoms with van der Waals surface area (Å²) in [6, 6.07) is 14.6. The first-order valence-electron chi connectivity index (χ1n) is 8.72. The Balaban J connectivity index is 1.88. The van der Waals surface area contributed by atoms with E-state index in [4.69, 9.17) is 9.47 Å². The van der Waals surface area contributed by atoms with E-state index in [1.54, 1.807) is 45.4 Å². The Bertz CT molecular complexity index is 1000. The molecular formula is C21H22N4O3. The van der Waals surface area contributed by atoms with Crippen molar-refractivity contribution in [2.45, 2.75) is 13.8 Å². The van der Waals surface area contributed by atoms with E-state index in [0.717, 1.165) is 11.3 Å². The summed E-state index contributed by atoms with van der Waals surface area (Å²) >= 11 is 0. The van der Waals surface area contributed by atoms with Crippen molar-refractivity contribution in [3.63, 3.8) is 0 Å². The number of nitrogens with zero attached hydrogens (tertiary/aromatic N) is 2. The molecule has 2 N–H and O–H groups in total. The number of aryl methyl sites for hydroxylation is 2. The number of aromatic nitrogens is 2. The van der Waals surface area contributed by atoms with Gasteiger partial charge in [-0.3, -0.25) is 4.79 Å². The van der Waals surface area contributed by atoms with Gasteiger partial charge in [0.05, 0.1) is 19.9 Å². The van der Waals surface area contributed by atoms with Crippen LogP contribution in [0, 0.1) is 13.8 Å².